The van der Waals surface area contributed by atoms with Gasteiger partial charge >= 0.3 is 5.97 Å². The van der Waals surface area contributed by atoms with Crippen LogP contribution in [0.1, 0.15) is 107 Å². The maximum atomic E-state index is 12.7. The highest BCUT2D eigenvalue weighted by Crippen LogP contribution is 2.30. The molecule has 3 unspecified atom stereocenters. The Kier molecular flexibility index (Phi) is 26.9. The molecule has 3 atom stereocenters. The number of ether oxygens (including phenoxy) is 1. The van der Waals surface area contributed by atoms with Gasteiger partial charge in [0.2, 0.25) is 0 Å². The van der Waals surface area contributed by atoms with Crippen LogP contribution >= 0.6 is 0 Å². The smallest absolute Gasteiger partial charge is 0.308 e. The van der Waals surface area contributed by atoms with Crippen LogP contribution in [0.25, 0.3) is 0 Å². The molecule has 0 amide bonds. The topological polar surface area (TPSA) is 80.7 Å². The zero-order valence-corrected chi connectivity index (χ0v) is 18.6. The van der Waals surface area contributed by atoms with E-state index in [0.29, 0.717) is 18.8 Å². The number of esters is 1. The van der Waals surface area contributed by atoms with Crippen LogP contribution < -0.4 is 0 Å². The van der Waals surface area contributed by atoms with Crippen molar-refractivity contribution in [2.24, 2.45) is 5.92 Å². The number of carbonyl (C=O) groups is 1. The van der Waals surface area contributed by atoms with Crippen LogP contribution in [0.2, 0.25) is 0 Å². The third-order valence-corrected chi connectivity index (χ3v) is 6.25. The molecule has 212 valence electrons. The van der Waals surface area contributed by atoms with E-state index in [1.165, 1.54) is 11.1 Å². The van der Waals surface area contributed by atoms with Gasteiger partial charge in [-0.2, -0.15) is 8.42 Å². The summed E-state index contributed by atoms with van der Waals surface area (Å²) in [7, 11) is -4.04. The van der Waals surface area contributed by atoms with Crippen molar-refractivity contribution in [3.8, 4) is 0 Å². The van der Waals surface area contributed by atoms with Crippen LogP contribution in [0.4, 0.5) is 0 Å². The van der Waals surface area contributed by atoms with Crippen molar-refractivity contribution in [3.05, 3.63) is 71.8 Å². The maximum absolute atomic E-state index is 12.7. The van der Waals surface area contributed by atoms with Gasteiger partial charge in [0.25, 0.3) is 10.1 Å². The molecule has 2 aromatic rings. The average molecular weight is 529 g/mol. The van der Waals surface area contributed by atoms with Gasteiger partial charge in [0.1, 0.15) is 0 Å². The number of carbonyl (C=O) groups excluding carboxylic acids is 1. The van der Waals surface area contributed by atoms with Crippen molar-refractivity contribution in [1.29, 1.82) is 0 Å². The van der Waals surface area contributed by atoms with E-state index in [0.717, 1.165) is 6.42 Å². The second kappa shape index (κ2) is 22.1. The SMILES string of the molecule is C.C.C.C.C.C.CC(CCC(CC(C)c1ccccc1)C(=O)OCCCS(=O)(=O)O)c1ccccc1. The summed E-state index contributed by atoms with van der Waals surface area (Å²) in [6.45, 7) is 4.25. The molecule has 5 nitrogen and oxygen atoms in total. The van der Waals surface area contributed by atoms with Crippen molar-refractivity contribution in [2.45, 2.75) is 95.9 Å². The Hall–Kier alpha value is -2.18. The van der Waals surface area contributed by atoms with Gasteiger partial charge in [0.15, 0.2) is 0 Å². The summed E-state index contributed by atoms with van der Waals surface area (Å²) < 4.78 is 35.9. The molecule has 2 aromatic carbocycles. The molecular weight excluding hydrogens is 472 g/mol. The fourth-order valence-electron chi connectivity index (χ4n) is 3.61. The van der Waals surface area contributed by atoms with Crippen LogP contribution in [-0.4, -0.2) is 31.3 Å². The van der Waals surface area contributed by atoms with Gasteiger partial charge < -0.3 is 4.74 Å². The van der Waals surface area contributed by atoms with E-state index in [4.69, 9.17) is 9.29 Å². The highest BCUT2D eigenvalue weighted by molar-refractivity contribution is 7.85. The molecule has 0 aliphatic carbocycles. The third kappa shape index (κ3) is 16.5. The first kappa shape index (κ1) is 43.9. The lowest BCUT2D eigenvalue weighted by Gasteiger charge is -2.22. The Morgan fingerprint density at radius 1 is 0.778 bits per heavy atom. The molecule has 36 heavy (non-hydrogen) atoms. The van der Waals surface area contributed by atoms with Crippen LogP contribution in [0.15, 0.2) is 60.7 Å². The summed E-state index contributed by atoms with van der Waals surface area (Å²) in [6, 6.07) is 20.3. The van der Waals surface area contributed by atoms with Gasteiger partial charge in [-0.3, -0.25) is 9.35 Å². The van der Waals surface area contributed by atoms with Crippen molar-refractivity contribution in [3.63, 3.8) is 0 Å². The standard InChI is InChI=1S/C24H32O5S.6CH4/c1-19(21-10-5-3-6-11-21)14-15-23(18-20(2)22-12-7-4-8-13-22)24(25)29-16-9-17-30(26,27)28;;;;;;/h3-8,10-13,19-20,23H,9,14-18H2,1-2H3,(H,26,27,28);6*1H4. The molecule has 0 spiro atoms. The molecule has 0 saturated heterocycles. The van der Waals surface area contributed by atoms with Crippen molar-refractivity contribution < 1.29 is 22.5 Å². The molecule has 1 N–H and O–H groups in total. The van der Waals surface area contributed by atoms with Gasteiger partial charge in [-0.25, -0.2) is 0 Å². The molecule has 2 rings (SSSR count). The number of rotatable bonds is 12. The molecule has 0 heterocycles. The van der Waals surface area contributed by atoms with Crippen LogP contribution in [-0.2, 0) is 19.6 Å². The minimum Gasteiger partial charge on any atom is -0.465 e. The monoisotopic (exact) mass is 528 g/mol. The first-order chi connectivity index (χ1) is 14.3. The van der Waals surface area contributed by atoms with Gasteiger partial charge in [0.05, 0.1) is 18.3 Å². The minimum atomic E-state index is -4.04. The first-order valence-electron chi connectivity index (χ1n) is 10.5. The molecule has 0 aromatic heterocycles. The van der Waals surface area contributed by atoms with E-state index in [1.54, 1.807) is 0 Å². The molecule has 0 bridgehead atoms. The first-order valence-corrected chi connectivity index (χ1v) is 12.1. The maximum Gasteiger partial charge on any atom is 0.308 e. The Morgan fingerprint density at radius 2 is 1.22 bits per heavy atom. The van der Waals surface area contributed by atoms with E-state index in [9.17, 15) is 13.2 Å². The van der Waals surface area contributed by atoms with E-state index in [-0.39, 0.29) is 75.4 Å². The highest BCUT2D eigenvalue weighted by Gasteiger charge is 2.24. The van der Waals surface area contributed by atoms with Crippen LogP contribution in [0.3, 0.4) is 0 Å². The number of benzene rings is 2. The normalized spacial score (nSPS) is 12.2. The highest BCUT2D eigenvalue weighted by atomic mass is 32.2. The van der Waals surface area contributed by atoms with Crippen LogP contribution in [0.5, 0.6) is 0 Å². The Bertz CT molecular complexity index is 867. The zero-order valence-electron chi connectivity index (χ0n) is 17.7. The molecular formula is C30H56O5S. The fourth-order valence-corrected chi connectivity index (χ4v) is 4.09. The minimum absolute atomic E-state index is 0. The van der Waals surface area contributed by atoms with Gasteiger partial charge in [0, 0.05) is 0 Å². The Labute approximate surface area is 224 Å². The van der Waals surface area contributed by atoms with E-state index in [2.05, 4.69) is 38.1 Å². The zero-order chi connectivity index (χ0) is 22.0. The summed E-state index contributed by atoms with van der Waals surface area (Å²) in [4.78, 5) is 12.7. The Balaban J connectivity index is -0.000000534. The Morgan fingerprint density at radius 3 is 1.67 bits per heavy atom. The molecule has 0 aliphatic heterocycles. The van der Waals surface area contributed by atoms with Gasteiger partial charge in [-0.1, -0.05) is 119 Å². The average Bonchev–Trinajstić information content (AvgIpc) is 2.74. The largest absolute Gasteiger partial charge is 0.465 e. The van der Waals surface area contributed by atoms with E-state index >= 15 is 0 Å². The summed E-state index contributed by atoms with van der Waals surface area (Å²) in [5.41, 5.74) is 2.42. The molecule has 0 aliphatic rings. The summed E-state index contributed by atoms with van der Waals surface area (Å²) in [6.07, 6.45) is 2.31. The predicted octanol–water partition coefficient (Wildman–Crippen LogP) is 9.02. The summed E-state index contributed by atoms with van der Waals surface area (Å²) >= 11 is 0. The molecule has 6 heteroatoms. The third-order valence-electron chi connectivity index (χ3n) is 5.45. The van der Waals surface area contributed by atoms with E-state index in [1.807, 2.05) is 36.4 Å². The quantitative estimate of drug-likeness (QED) is 0.169. The van der Waals surface area contributed by atoms with Crippen molar-refractivity contribution in [1.82, 2.24) is 0 Å². The van der Waals surface area contributed by atoms with Crippen molar-refractivity contribution in [2.75, 3.05) is 12.4 Å². The van der Waals surface area contributed by atoms with Crippen LogP contribution in [0, 0.1) is 5.92 Å². The lowest BCUT2D eigenvalue weighted by atomic mass is 9.85. The molecule has 0 saturated carbocycles. The second-order valence-corrected chi connectivity index (χ2v) is 9.51. The summed E-state index contributed by atoms with van der Waals surface area (Å²) in [5.74, 6) is -0.441. The number of hydrogen-bond acceptors (Lipinski definition) is 4. The second-order valence-electron chi connectivity index (χ2n) is 7.94. The molecule has 0 radical (unpaired) electrons. The van der Waals surface area contributed by atoms with Crippen molar-refractivity contribution >= 4 is 16.1 Å². The number of hydrogen-bond donors (Lipinski definition) is 1. The summed E-state index contributed by atoms with van der Waals surface area (Å²) in [5, 5.41) is 0. The fraction of sp³-hybridized carbons (Fsp3) is 0.567. The van der Waals surface area contributed by atoms with E-state index < -0.39 is 15.9 Å². The molecule has 0 fully saturated rings. The lowest BCUT2D eigenvalue weighted by Crippen LogP contribution is -2.22. The van der Waals surface area contributed by atoms with Gasteiger partial charge in [-0.15, -0.1) is 0 Å². The predicted molar refractivity (Wildman–Crippen MR) is 159 cm³/mol. The van der Waals surface area contributed by atoms with Gasteiger partial charge in [-0.05, 0) is 48.6 Å². The lowest BCUT2D eigenvalue weighted by molar-refractivity contribution is -0.149.